The van der Waals surface area contributed by atoms with E-state index in [1.54, 1.807) is 12.0 Å². The summed E-state index contributed by atoms with van der Waals surface area (Å²) < 4.78 is 12.5. The van der Waals surface area contributed by atoms with E-state index < -0.39 is 5.92 Å². The molecule has 172 valence electrons. The molecular formula is C29H22N2O3S. The number of carbonyl (C=O) groups is 1. The highest BCUT2D eigenvalue weighted by Gasteiger charge is 2.36. The molecule has 0 atom stereocenters. The fourth-order valence-corrected chi connectivity index (χ4v) is 5.47. The van der Waals surface area contributed by atoms with Crippen LogP contribution in [0.2, 0.25) is 0 Å². The molecule has 0 bridgehead atoms. The van der Waals surface area contributed by atoms with E-state index in [-0.39, 0.29) is 5.91 Å². The minimum absolute atomic E-state index is 0.0388. The van der Waals surface area contributed by atoms with Gasteiger partial charge in [-0.05, 0) is 35.9 Å². The van der Waals surface area contributed by atoms with Crippen molar-refractivity contribution in [3.05, 3.63) is 114 Å². The van der Waals surface area contributed by atoms with Crippen LogP contribution in [0.1, 0.15) is 22.6 Å². The van der Waals surface area contributed by atoms with Crippen LogP contribution in [-0.4, -0.2) is 18.0 Å². The molecule has 6 rings (SSSR count). The number of nitrogens with zero attached hydrogens (tertiary/aromatic N) is 2. The van der Waals surface area contributed by atoms with Gasteiger partial charge in [-0.3, -0.25) is 9.69 Å². The SMILES string of the molecule is COc1ccc2nc(N(Cc3ccccc3)C(=O)C3c4ccccc4Oc4ccccc43)sc2c1. The number of hydrogen-bond acceptors (Lipinski definition) is 5. The van der Waals surface area contributed by atoms with E-state index >= 15 is 0 Å². The first kappa shape index (κ1) is 21.4. The molecule has 1 aromatic heterocycles. The third kappa shape index (κ3) is 3.92. The summed E-state index contributed by atoms with van der Waals surface area (Å²) in [4.78, 5) is 21.1. The third-order valence-corrected chi connectivity index (χ3v) is 7.23. The second kappa shape index (κ2) is 8.89. The number of aromatic nitrogens is 1. The monoisotopic (exact) mass is 478 g/mol. The molecule has 0 fully saturated rings. The molecule has 0 aliphatic carbocycles. The van der Waals surface area contributed by atoms with Gasteiger partial charge < -0.3 is 9.47 Å². The Kier molecular flexibility index (Phi) is 5.43. The Balaban J connectivity index is 1.49. The quantitative estimate of drug-likeness (QED) is 0.280. The van der Waals surface area contributed by atoms with Crippen molar-refractivity contribution in [2.24, 2.45) is 0 Å². The van der Waals surface area contributed by atoms with E-state index in [9.17, 15) is 4.79 Å². The smallest absolute Gasteiger partial charge is 0.241 e. The van der Waals surface area contributed by atoms with Gasteiger partial charge in [0.2, 0.25) is 5.91 Å². The van der Waals surface area contributed by atoms with Crippen LogP contribution >= 0.6 is 11.3 Å². The molecule has 0 unspecified atom stereocenters. The molecule has 6 heteroatoms. The molecule has 35 heavy (non-hydrogen) atoms. The van der Waals surface area contributed by atoms with Gasteiger partial charge in [0.25, 0.3) is 0 Å². The Morgan fingerprint density at radius 1 is 0.914 bits per heavy atom. The molecule has 5 aromatic rings. The minimum Gasteiger partial charge on any atom is -0.497 e. The van der Waals surface area contributed by atoms with Crippen molar-refractivity contribution in [3.8, 4) is 17.2 Å². The van der Waals surface area contributed by atoms with Gasteiger partial charge in [0.15, 0.2) is 5.13 Å². The van der Waals surface area contributed by atoms with Gasteiger partial charge in [-0.25, -0.2) is 4.98 Å². The van der Waals surface area contributed by atoms with Crippen molar-refractivity contribution in [2.75, 3.05) is 12.0 Å². The highest BCUT2D eigenvalue weighted by Crippen LogP contribution is 2.45. The van der Waals surface area contributed by atoms with Crippen LogP contribution in [0.15, 0.2) is 97.1 Å². The van der Waals surface area contributed by atoms with Gasteiger partial charge in [0.1, 0.15) is 17.2 Å². The number of hydrogen-bond donors (Lipinski definition) is 0. The van der Waals surface area contributed by atoms with Crippen LogP contribution in [-0.2, 0) is 11.3 Å². The van der Waals surface area contributed by atoms with E-state index in [4.69, 9.17) is 14.5 Å². The van der Waals surface area contributed by atoms with E-state index in [1.807, 2.05) is 97.1 Å². The van der Waals surface area contributed by atoms with Gasteiger partial charge in [0.05, 0.1) is 29.8 Å². The summed E-state index contributed by atoms with van der Waals surface area (Å²) >= 11 is 1.49. The number of thiazole rings is 1. The summed E-state index contributed by atoms with van der Waals surface area (Å²) in [6.07, 6.45) is 0. The number of para-hydroxylation sites is 2. The van der Waals surface area contributed by atoms with Crippen molar-refractivity contribution >= 4 is 32.6 Å². The molecule has 1 amide bonds. The number of methoxy groups -OCH3 is 1. The number of rotatable bonds is 5. The highest BCUT2D eigenvalue weighted by molar-refractivity contribution is 7.22. The molecule has 2 heterocycles. The number of benzene rings is 4. The van der Waals surface area contributed by atoms with Crippen LogP contribution in [0, 0.1) is 0 Å². The maximum Gasteiger partial charge on any atom is 0.241 e. The summed E-state index contributed by atoms with van der Waals surface area (Å²) in [6.45, 7) is 0.415. The van der Waals surface area contributed by atoms with Crippen LogP contribution < -0.4 is 14.4 Å². The van der Waals surface area contributed by atoms with Crippen molar-refractivity contribution in [3.63, 3.8) is 0 Å². The maximum atomic E-state index is 14.4. The Morgan fingerprint density at radius 2 is 1.57 bits per heavy atom. The Labute approximate surface area is 207 Å². The van der Waals surface area contributed by atoms with Crippen molar-refractivity contribution in [1.29, 1.82) is 0 Å². The fourth-order valence-electron chi connectivity index (χ4n) is 4.47. The lowest BCUT2D eigenvalue weighted by Crippen LogP contribution is -2.36. The standard InChI is InChI=1S/C29H22N2O3S/c1-33-20-15-16-23-26(17-20)35-29(30-23)31(18-19-9-3-2-4-10-19)28(32)27-21-11-5-7-13-24(21)34-25-14-8-6-12-22(25)27/h2-17,27H,18H2,1H3. The molecule has 0 N–H and O–H groups in total. The van der Waals surface area contributed by atoms with Crippen LogP contribution in [0.25, 0.3) is 10.2 Å². The maximum absolute atomic E-state index is 14.4. The normalized spacial score (nSPS) is 12.5. The van der Waals surface area contributed by atoms with Crippen LogP contribution in [0.4, 0.5) is 5.13 Å². The summed E-state index contributed by atoms with van der Waals surface area (Å²) in [5, 5.41) is 0.656. The van der Waals surface area contributed by atoms with Gasteiger partial charge >= 0.3 is 0 Å². The van der Waals surface area contributed by atoms with Crippen LogP contribution in [0.3, 0.4) is 0 Å². The predicted octanol–water partition coefficient (Wildman–Crippen LogP) is 6.78. The number of carbonyl (C=O) groups excluding carboxylic acids is 1. The molecule has 0 saturated heterocycles. The molecule has 1 aliphatic heterocycles. The van der Waals surface area contributed by atoms with Crippen molar-refractivity contribution in [2.45, 2.75) is 12.5 Å². The molecule has 0 radical (unpaired) electrons. The molecule has 1 aliphatic rings. The highest BCUT2D eigenvalue weighted by atomic mass is 32.1. The predicted molar refractivity (Wildman–Crippen MR) is 139 cm³/mol. The first-order valence-corrected chi connectivity index (χ1v) is 12.2. The molecule has 0 saturated carbocycles. The second-order valence-corrected chi connectivity index (χ2v) is 9.36. The van der Waals surface area contributed by atoms with E-state index in [0.717, 1.165) is 32.7 Å². The van der Waals surface area contributed by atoms with E-state index in [1.165, 1.54) is 11.3 Å². The minimum atomic E-state index is -0.499. The second-order valence-electron chi connectivity index (χ2n) is 8.35. The van der Waals surface area contributed by atoms with Gasteiger partial charge in [-0.15, -0.1) is 0 Å². The zero-order valence-corrected chi connectivity index (χ0v) is 19.9. The lowest BCUT2D eigenvalue weighted by atomic mass is 9.87. The lowest BCUT2D eigenvalue weighted by Gasteiger charge is -2.31. The Bertz CT molecular complexity index is 1480. The number of fused-ring (bicyclic) bond motifs is 3. The topological polar surface area (TPSA) is 51.7 Å². The number of anilines is 1. The molecule has 5 nitrogen and oxygen atoms in total. The fraction of sp³-hybridized carbons (Fsp3) is 0.103. The average molecular weight is 479 g/mol. The first-order chi connectivity index (χ1) is 17.2. The largest absolute Gasteiger partial charge is 0.497 e. The number of ether oxygens (including phenoxy) is 2. The van der Waals surface area contributed by atoms with Gasteiger partial charge in [-0.1, -0.05) is 78.1 Å². The zero-order chi connectivity index (χ0) is 23.8. The average Bonchev–Trinajstić information content (AvgIpc) is 3.33. The zero-order valence-electron chi connectivity index (χ0n) is 19.0. The van der Waals surface area contributed by atoms with E-state index in [0.29, 0.717) is 23.2 Å². The van der Waals surface area contributed by atoms with Crippen molar-refractivity contribution in [1.82, 2.24) is 4.98 Å². The van der Waals surface area contributed by atoms with E-state index in [2.05, 4.69) is 0 Å². The first-order valence-electron chi connectivity index (χ1n) is 11.4. The lowest BCUT2D eigenvalue weighted by molar-refractivity contribution is -0.119. The molecular weight excluding hydrogens is 456 g/mol. The molecule has 0 spiro atoms. The summed E-state index contributed by atoms with van der Waals surface area (Å²) in [6, 6.07) is 31.3. The summed E-state index contributed by atoms with van der Waals surface area (Å²) in [5.74, 6) is 1.64. The summed E-state index contributed by atoms with van der Waals surface area (Å²) in [7, 11) is 1.65. The molecule has 4 aromatic carbocycles. The summed E-state index contributed by atoms with van der Waals surface area (Å²) in [5.41, 5.74) is 3.59. The van der Waals surface area contributed by atoms with Gasteiger partial charge in [-0.2, -0.15) is 0 Å². The van der Waals surface area contributed by atoms with Crippen LogP contribution in [0.5, 0.6) is 17.2 Å². The Morgan fingerprint density at radius 3 is 2.26 bits per heavy atom. The number of amides is 1. The van der Waals surface area contributed by atoms with Gasteiger partial charge in [0, 0.05) is 11.1 Å². The third-order valence-electron chi connectivity index (χ3n) is 6.19. The van der Waals surface area contributed by atoms with Crippen molar-refractivity contribution < 1.29 is 14.3 Å². The Hall–Kier alpha value is -4.16.